The molecule has 0 bridgehead atoms. The third-order valence-electron chi connectivity index (χ3n) is 6.08. The van der Waals surface area contributed by atoms with Crippen LogP contribution in [-0.4, -0.2) is 86.4 Å². The number of nitrogens with one attached hydrogen (secondary N) is 2. The molecule has 0 saturated carbocycles. The van der Waals surface area contributed by atoms with Crippen LogP contribution in [-0.2, 0) is 4.74 Å². The maximum absolute atomic E-state index is 6.03. The minimum Gasteiger partial charge on any atom is -0.373 e. The fourth-order valence-electron chi connectivity index (χ4n) is 4.35. The van der Waals surface area contributed by atoms with Gasteiger partial charge in [0.2, 0.25) is 0 Å². The molecule has 0 radical (unpaired) electrons. The average molecular weight is 479 g/mol. The highest BCUT2D eigenvalue weighted by Crippen LogP contribution is 2.22. The first-order valence-electron chi connectivity index (χ1n) is 10.1. The van der Waals surface area contributed by atoms with Gasteiger partial charge in [0.1, 0.15) is 0 Å². The quantitative estimate of drug-likeness (QED) is 0.359. The molecule has 3 fully saturated rings. The zero-order chi connectivity index (χ0) is 17.7. The number of likely N-dealkylation sites (tertiary alicyclic amines) is 1. The first-order chi connectivity index (χ1) is 12.1. The number of morpholine rings is 1. The summed E-state index contributed by atoms with van der Waals surface area (Å²) in [6, 6.07) is 0.666. The second-order valence-electron chi connectivity index (χ2n) is 8.41. The van der Waals surface area contributed by atoms with Gasteiger partial charge in [0.05, 0.1) is 12.7 Å². The minimum absolute atomic E-state index is 0. The van der Waals surface area contributed by atoms with E-state index >= 15 is 0 Å². The number of guanidine groups is 1. The summed E-state index contributed by atoms with van der Waals surface area (Å²) in [6.07, 6.45) is 6.92. The third kappa shape index (κ3) is 5.94. The van der Waals surface area contributed by atoms with Crippen molar-refractivity contribution in [1.82, 2.24) is 20.4 Å². The maximum atomic E-state index is 6.03. The molecular formula is C19H38IN5O. The molecule has 0 spiro atoms. The lowest BCUT2D eigenvalue weighted by atomic mass is 9.98. The molecule has 26 heavy (non-hydrogen) atoms. The predicted octanol–water partition coefficient (Wildman–Crippen LogP) is 1.90. The van der Waals surface area contributed by atoms with Crippen LogP contribution in [0.3, 0.4) is 0 Å². The lowest BCUT2D eigenvalue weighted by Gasteiger charge is -2.41. The van der Waals surface area contributed by atoms with Crippen molar-refractivity contribution >= 4 is 29.9 Å². The summed E-state index contributed by atoms with van der Waals surface area (Å²) in [4.78, 5) is 9.59. The minimum atomic E-state index is 0. The normalized spacial score (nSPS) is 28.3. The molecule has 0 amide bonds. The number of halogens is 1. The van der Waals surface area contributed by atoms with E-state index in [4.69, 9.17) is 4.74 Å². The Morgan fingerprint density at radius 1 is 1.12 bits per heavy atom. The first-order valence-corrected chi connectivity index (χ1v) is 10.1. The Balaban J connectivity index is 0.00000243. The number of fused-ring (bicyclic) bond motifs is 1. The van der Waals surface area contributed by atoms with Gasteiger partial charge in [0.25, 0.3) is 0 Å². The van der Waals surface area contributed by atoms with Crippen molar-refractivity contribution < 1.29 is 4.74 Å². The van der Waals surface area contributed by atoms with Crippen LogP contribution in [0.25, 0.3) is 0 Å². The number of hydrogen-bond donors (Lipinski definition) is 2. The lowest BCUT2D eigenvalue weighted by molar-refractivity contribution is -0.0453. The van der Waals surface area contributed by atoms with Gasteiger partial charge in [-0.3, -0.25) is 14.8 Å². The summed E-state index contributed by atoms with van der Waals surface area (Å²) in [7, 11) is 1.85. The number of nitrogens with zero attached hydrogens (tertiary/aromatic N) is 3. The molecule has 0 aromatic rings. The van der Waals surface area contributed by atoms with Crippen LogP contribution in [0.2, 0.25) is 0 Å². The van der Waals surface area contributed by atoms with Crippen LogP contribution < -0.4 is 10.6 Å². The molecule has 0 aliphatic carbocycles. The molecule has 0 aromatic heterocycles. The second kappa shape index (κ2) is 10.4. The molecule has 6 nitrogen and oxygen atoms in total. The van der Waals surface area contributed by atoms with Gasteiger partial charge in [-0.15, -0.1) is 24.0 Å². The summed E-state index contributed by atoms with van der Waals surface area (Å²) < 4.78 is 6.03. The molecular weight excluding hydrogens is 441 g/mol. The summed E-state index contributed by atoms with van der Waals surface area (Å²) in [5.74, 6) is 0.886. The van der Waals surface area contributed by atoms with Crippen LogP contribution in [0.1, 0.15) is 46.0 Å². The van der Waals surface area contributed by atoms with Crippen LogP contribution >= 0.6 is 24.0 Å². The summed E-state index contributed by atoms with van der Waals surface area (Å²) in [5, 5.41) is 6.98. The predicted molar refractivity (Wildman–Crippen MR) is 119 cm³/mol. The molecule has 0 aromatic carbocycles. The van der Waals surface area contributed by atoms with Crippen LogP contribution in [0, 0.1) is 0 Å². The van der Waals surface area contributed by atoms with Gasteiger partial charge in [0.15, 0.2) is 5.96 Å². The number of ether oxygens (including phenoxy) is 1. The van der Waals surface area contributed by atoms with Gasteiger partial charge in [-0.25, -0.2) is 0 Å². The Hall–Kier alpha value is -0.120. The SMILES string of the molecule is CN=C(NCC1CN2CCCC2CO1)NCC(C)(C)N1CCCCC1.I. The van der Waals surface area contributed by atoms with Crippen molar-refractivity contribution in [3.8, 4) is 0 Å². The van der Waals surface area contributed by atoms with Gasteiger partial charge >= 0.3 is 0 Å². The van der Waals surface area contributed by atoms with Gasteiger partial charge < -0.3 is 15.4 Å². The molecule has 2 N–H and O–H groups in total. The van der Waals surface area contributed by atoms with Gasteiger partial charge in [0, 0.05) is 38.3 Å². The standard InChI is InChI=1S/C19H37N5O.HI/c1-19(2,24-10-5-4-6-11-24)15-22-18(20-3)21-12-17-13-23-9-7-8-16(23)14-25-17;/h16-17H,4-15H2,1-3H3,(H2,20,21,22);1H. The zero-order valence-electron chi connectivity index (χ0n) is 16.8. The van der Waals surface area contributed by atoms with Crippen LogP contribution in [0.4, 0.5) is 0 Å². The Morgan fingerprint density at radius 2 is 1.88 bits per heavy atom. The maximum Gasteiger partial charge on any atom is 0.191 e. The van der Waals surface area contributed by atoms with E-state index in [1.54, 1.807) is 0 Å². The fraction of sp³-hybridized carbons (Fsp3) is 0.947. The number of piperidine rings is 1. The lowest BCUT2D eigenvalue weighted by Crippen LogP contribution is -2.56. The second-order valence-corrected chi connectivity index (χ2v) is 8.41. The molecule has 7 heteroatoms. The van der Waals surface area contributed by atoms with Crippen molar-refractivity contribution in [3.05, 3.63) is 0 Å². The molecule has 152 valence electrons. The van der Waals surface area contributed by atoms with E-state index in [1.807, 2.05) is 7.05 Å². The Morgan fingerprint density at radius 3 is 2.62 bits per heavy atom. The van der Waals surface area contributed by atoms with E-state index in [2.05, 4.69) is 39.3 Å². The topological polar surface area (TPSA) is 52.1 Å². The van der Waals surface area contributed by atoms with Crippen molar-refractivity contribution in [2.75, 3.05) is 52.9 Å². The monoisotopic (exact) mass is 479 g/mol. The van der Waals surface area contributed by atoms with Gasteiger partial charge in [-0.05, 0) is 59.2 Å². The third-order valence-corrected chi connectivity index (χ3v) is 6.08. The fourth-order valence-corrected chi connectivity index (χ4v) is 4.35. The van der Waals surface area contributed by atoms with Crippen molar-refractivity contribution in [3.63, 3.8) is 0 Å². The van der Waals surface area contributed by atoms with E-state index < -0.39 is 0 Å². The molecule has 2 atom stereocenters. The van der Waals surface area contributed by atoms with Crippen molar-refractivity contribution in [2.24, 2.45) is 4.99 Å². The van der Waals surface area contributed by atoms with Crippen molar-refractivity contribution in [1.29, 1.82) is 0 Å². The Kier molecular flexibility index (Phi) is 8.90. The average Bonchev–Trinajstić information content (AvgIpc) is 3.10. The summed E-state index contributed by atoms with van der Waals surface area (Å²) in [6.45, 7) is 12.0. The number of aliphatic imine (C=N–C) groups is 1. The summed E-state index contributed by atoms with van der Waals surface area (Å²) >= 11 is 0. The smallest absolute Gasteiger partial charge is 0.191 e. The number of rotatable bonds is 5. The molecule has 3 saturated heterocycles. The molecule has 3 rings (SSSR count). The van der Waals surface area contributed by atoms with E-state index in [-0.39, 0.29) is 35.6 Å². The highest BCUT2D eigenvalue weighted by atomic mass is 127. The van der Waals surface area contributed by atoms with Crippen molar-refractivity contribution in [2.45, 2.75) is 63.6 Å². The molecule has 2 unspecified atom stereocenters. The molecule has 3 aliphatic rings. The Bertz CT molecular complexity index is 453. The highest BCUT2D eigenvalue weighted by Gasteiger charge is 2.32. The summed E-state index contributed by atoms with van der Waals surface area (Å²) in [5.41, 5.74) is 0.155. The molecule has 3 aliphatic heterocycles. The Labute approximate surface area is 176 Å². The van der Waals surface area contributed by atoms with Crippen LogP contribution in [0.5, 0.6) is 0 Å². The van der Waals surface area contributed by atoms with E-state index in [1.165, 1.54) is 51.7 Å². The number of hydrogen-bond acceptors (Lipinski definition) is 4. The van der Waals surface area contributed by atoms with E-state index in [0.717, 1.165) is 32.2 Å². The van der Waals surface area contributed by atoms with E-state index in [0.29, 0.717) is 6.04 Å². The van der Waals surface area contributed by atoms with Gasteiger partial charge in [-0.1, -0.05) is 6.42 Å². The highest BCUT2D eigenvalue weighted by molar-refractivity contribution is 14.0. The largest absolute Gasteiger partial charge is 0.373 e. The first kappa shape index (κ1) is 22.2. The zero-order valence-corrected chi connectivity index (χ0v) is 19.1. The van der Waals surface area contributed by atoms with Crippen LogP contribution in [0.15, 0.2) is 4.99 Å². The van der Waals surface area contributed by atoms with E-state index in [9.17, 15) is 0 Å². The molecule has 3 heterocycles. The van der Waals surface area contributed by atoms with Gasteiger partial charge in [-0.2, -0.15) is 0 Å².